The summed E-state index contributed by atoms with van der Waals surface area (Å²) in [5, 5.41) is 0. The van der Waals surface area contributed by atoms with Crippen LogP contribution in [0.2, 0.25) is 0 Å². The Labute approximate surface area is 635 Å². The van der Waals surface area contributed by atoms with E-state index in [1.54, 1.807) is 0 Å². The maximum Gasteiger partial charge on any atom is 0.0721 e. The number of hydrogen-bond donors (Lipinski definition) is 0. The zero-order valence-corrected chi connectivity index (χ0v) is 60.0. The largest absolute Gasteiger partial charge is 0.373 e. The molecule has 524 valence electrons. The van der Waals surface area contributed by atoms with Gasteiger partial charge in [0.25, 0.3) is 0 Å². The van der Waals surface area contributed by atoms with E-state index in [1.165, 1.54) is 0 Å². The number of ether oxygens (including phenoxy) is 8. The van der Waals surface area contributed by atoms with Crippen molar-refractivity contribution in [1.82, 2.24) is 0 Å². The number of fused-ring (bicyclic) bond motifs is 32. The van der Waals surface area contributed by atoms with Gasteiger partial charge in [0.15, 0.2) is 0 Å². The van der Waals surface area contributed by atoms with Crippen LogP contribution in [0.4, 0.5) is 0 Å². The first-order valence-corrected chi connectivity index (χ1v) is 35.9. The van der Waals surface area contributed by atoms with Crippen LogP contribution in [0.25, 0.3) is 0 Å². The van der Waals surface area contributed by atoms with Crippen molar-refractivity contribution >= 4 is 0 Å². The highest BCUT2D eigenvalue weighted by Crippen LogP contribution is 2.21. The first kappa shape index (κ1) is 73.6. The monoisotopic (exact) mass is 1400 g/mol. The van der Waals surface area contributed by atoms with Gasteiger partial charge in [0, 0.05) is 89.0 Å². The van der Waals surface area contributed by atoms with Crippen molar-refractivity contribution in [3.63, 3.8) is 0 Å². The van der Waals surface area contributed by atoms with Crippen LogP contribution in [0, 0.1) is 94.7 Å². The lowest BCUT2D eigenvalue weighted by molar-refractivity contribution is 0.140. The highest BCUT2D eigenvalue weighted by molar-refractivity contribution is 5.63. The molecule has 0 saturated carbocycles. The lowest BCUT2D eigenvalue weighted by Gasteiger charge is -2.05. The molecule has 18 rings (SSSR count). The van der Waals surface area contributed by atoms with Crippen LogP contribution < -0.4 is 0 Å². The number of rotatable bonds is 0. The number of hydrogen-bond acceptors (Lipinski definition) is 8. The van der Waals surface area contributed by atoms with E-state index in [0.717, 1.165) is 134 Å². The zero-order valence-electron chi connectivity index (χ0n) is 60.0. The van der Waals surface area contributed by atoms with Crippen LogP contribution in [-0.4, -0.2) is 52.9 Å². The van der Waals surface area contributed by atoms with Crippen molar-refractivity contribution in [1.29, 1.82) is 0 Å². The molecule has 0 N–H and O–H groups in total. The van der Waals surface area contributed by atoms with Crippen molar-refractivity contribution in [2.24, 2.45) is 0 Å². The van der Waals surface area contributed by atoms with Gasteiger partial charge in [0.2, 0.25) is 0 Å². The Balaban J connectivity index is 0.000000190. The predicted octanol–water partition coefficient (Wildman–Crippen LogP) is 17.0. The smallest absolute Gasteiger partial charge is 0.0721 e. The van der Waals surface area contributed by atoms with Gasteiger partial charge in [-0.2, -0.15) is 0 Å². The van der Waals surface area contributed by atoms with Gasteiger partial charge in [-0.1, -0.05) is 240 Å². The lowest BCUT2D eigenvalue weighted by Crippen LogP contribution is -1.97. The quantitative estimate of drug-likeness (QED) is 0.110. The van der Waals surface area contributed by atoms with Crippen molar-refractivity contribution < 1.29 is 37.9 Å². The zero-order chi connectivity index (χ0) is 73.3. The van der Waals surface area contributed by atoms with Crippen LogP contribution in [-0.2, 0) is 90.7 Å². The van der Waals surface area contributed by atoms with Gasteiger partial charge in [-0.05, 0) is 166 Å². The Morgan fingerprint density at radius 2 is 0.306 bits per heavy atom. The van der Waals surface area contributed by atoms with Crippen molar-refractivity contribution in [3.05, 3.63) is 401 Å². The molecule has 16 bridgehead atoms. The SMILES string of the molecule is C1#Cc2ccc3cc2C#Cc2ccccc2C#Cc2cc(ccc2C#Cc2ccc(cc2)COC/C=C/COC3)COC/C=C/COCc2ccc1cc2.C1#Cc2ccc3cc2C#Cc2ccccc2C#Cc2cc(ccc2C#Cc2ccc(cc2)COC/C=C/COC3)COC/C=C/COCc2ccc1cc2. The molecule has 108 heavy (non-hydrogen) atoms. The normalized spacial score (nSPS) is 15.6. The van der Waals surface area contributed by atoms with E-state index < -0.39 is 0 Å². The Hall–Kier alpha value is -12.7. The fourth-order valence-electron chi connectivity index (χ4n) is 11.3. The topological polar surface area (TPSA) is 73.8 Å². The fraction of sp³-hybridized carbons (Fsp3) is 0.160. The highest BCUT2D eigenvalue weighted by atomic mass is 16.5. The summed E-state index contributed by atoms with van der Waals surface area (Å²) in [6.45, 7) is 7.69. The maximum atomic E-state index is 5.99. The van der Waals surface area contributed by atoms with E-state index in [1.807, 2.05) is 243 Å². The second-order valence-electron chi connectivity index (χ2n) is 25.4. The molecular formula is C100H76O8. The van der Waals surface area contributed by atoms with Gasteiger partial charge >= 0.3 is 0 Å². The van der Waals surface area contributed by atoms with Gasteiger partial charge in [-0.15, -0.1) is 0 Å². The summed E-state index contributed by atoms with van der Waals surface area (Å²) in [6, 6.07) is 73.0. The van der Waals surface area contributed by atoms with Gasteiger partial charge in [0.05, 0.1) is 106 Å². The summed E-state index contributed by atoms with van der Waals surface area (Å²) in [4.78, 5) is 0. The number of benzene rings is 10. The van der Waals surface area contributed by atoms with E-state index in [2.05, 4.69) is 119 Å². The van der Waals surface area contributed by atoms with Crippen LogP contribution in [0.3, 0.4) is 0 Å². The third-order valence-electron chi connectivity index (χ3n) is 17.2. The Kier molecular flexibility index (Phi) is 27.3. The second-order valence-corrected chi connectivity index (χ2v) is 25.4. The molecule has 0 radical (unpaired) electrons. The Morgan fingerprint density at radius 1 is 0.148 bits per heavy atom. The summed E-state index contributed by atoms with van der Waals surface area (Å²) in [5.74, 6) is 54.1. The first-order valence-electron chi connectivity index (χ1n) is 35.9. The van der Waals surface area contributed by atoms with Crippen LogP contribution in [0.15, 0.2) is 267 Å². The molecule has 8 heterocycles. The molecule has 0 saturated heterocycles. The van der Waals surface area contributed by atoms with E-state index in [-0.39, 0.29) is 0 Å². The van der Waals surface area contributed by atoms with E-state index >= 15 is 0 Å². The summed E-state index contributed by atoms with van der Waals surface area (Å²) >= 11 is 0. The molecule has 0 aromatic heterocycles. The van der Waals surface area contributed by atoms with Gasteiger partial charge < -0.3 is 37.9 Å². The van der Waals surface area contributed by atoms with Crippen molar-refractivity contribution in [3.8, 4) is 94.7 Å². The van der Waals surface area contributed by atoms with E-state index in [9.17, 15) is 0 Å². The van der Waals surface area contributed by atoms with Gasteiger partial charge in [-0.25, -0.2) is 0 Å². The molecule has 0 fully saturated rings. The minimum Gasteiger partial charge on any atom is -0.373 e. The van der Waals surface area contributed by atoms with Crippen molar-refractivity contribution in [2.75, 3.05) is 52.9 Å². The summed E-state index contributed by atoms with van der Waals surface area (Å²) in [7, 11) is 0. The highest BCUT2D eigenvalue weighted by Gasteiger charge is 2.10. The third kappa shape index (κ3) is 23.2. The van der Waals surface area contributed by atoms with Gasteiger partial charge in [-0.3, -0.25) is 0 Å². The molecule has 0 unspecified atom stereocenters. The van der Waals surface area contributed by atoms with Crippen LogP contribution >= 0.6 is 0 Å². The first-order chi connectivity index (χ1) is 53.5. The molecule has 8 aliphatic heterocycles. The minimum atomic E-state index is 0.440. The Bertz CT molecular complexity index is 4810. The summed E-state index contributed by atoms with van der Waals surface area (Å²) < 4.78 is 47.4. The molecule has 8 heteroatoms. The fourth-order valence-corrected chi connectivity index (χ4v) is 11.3. The maximum absolute atomic E-state index is 5.99. The lowest BCUT2D eigenvalue weighted by atomic mass is 10.0. The average molecular weight is 1410 g/mol. The molecule has 0 aliphatic carbocycles. The predicted molar refractivity (Wildman–Crippen MR) is 426 cm³/mol. The van der Waals surface area contributed by atoms with Gasteiger partial charge in [0.1, 0.15) is 0 Å². The molecule has 0 amide bonds. The second kappa shape index (κ2) is 40.0. The molecule has 10 aromatic rings. The molecule has 0 atom stereocenters. The molecular weight excluding hydrogens is 1330 g/mol. The Morgan fingerprint density at radius 3 is 0.509 bits per heavy atom. The molecule has 0 spiro atoms. The molecule has 8 nitrogen and oxygen atoms in total. The standard InChI is InChI=1S/2C50H38O4/c2*1-2-8-46-26-28-50-34-44-20-24-48(50)22-18-40-11-15-42(16-12-40)36-51-29-3-5-31-53-37-43-19-23-47(49(33-43)27-25-45(46)7-1)21-17-39-9-13-41(14-10-39)35-52-30-4-6-32-54-38-44/h2*1-16,19-20,23-24,33-34H,29-32,35-38H2/b2*5-3+,6-4+. The van der Waals surface area contributed by atoms with E-state index in [4.69, 9.17) is 37.9 Å². The third-order valence-corrected chi connectivity index (χ3v) is 17.2. The molecule has 10 aromatic carbocycles. The minimum absolute atomic E-state index is 0.440. The van der Waals surface area contributed by atoms with Crippen molar-refractivity contribution in [2.45, 2.75) is 52.9 Å². The summed E-state index contributed by atoms with van der Waals surface area (Å²) in [5.41, 5.74) is 22.0. The molecule has 8 aliphatic rings. The average Bonchev–Trinajstić information content (AvgIpc) is 0.874. The van der Waals surface area contributed by atoms with Crippen LogP contribution in [0.5, 0.6) is 0 Å². The summed E-state index contributed by atoms with van der Waals surface area (Å²) in [6.07, 6.45) is 15.9. The van der Waals surface area contributed by atoms with Crippen LogP contribution in [0.1, 0.15) is 134 Å². The van der Waals surface area contributed by atoms with E-state index in [0.29, 0.717) is 106 Å².